The van der Waals surface area contributed by atoms with Gasteiger partial charge in [-0.15, -0.1) is 5.10 Å². The van der Waals surface area contributed by atoms with Gasteiger partial charge in [0.25, 0.3) is 0 Å². The molecule has 0 radical (unpaired) electrons. The Morgan fingerprint density at radius 1 is 1.15 bits per heavy atom. The van der Waals surface area contributed by atoms with Crippen molar-refractivity contribution in [2.24, 2.45) is 0 Å². The molecule has 3 aromatic rings. The lowest BCUT2D eigenvalue weighted by atomic mass is 9.92. The first-order valence-corrected chi connectivity index (χ1v) is 8.37. The van der Waals surface area contributed by atoms with Crippen molar-refractivity contribution >= 4 is 5.69 Å². The Labute approximate surface area is 152 Å². The summed E-state index contributed by atoms with van der Waals surface area (Å²) in [5.74, 6) is 0. The highest BCUT2D eigenvalue weighted by molar-refractivity contribution is 5.81. The van der Waals surface area contributed by atoms with E-state index in [-0.39, 0.29) is 5.69 Å². The molecule has 0 aliphatic carbocycles. The molecular formula is C20H18N6. The third-order valence-electron chi connectivity index (χ3n) is 4.18. The van der Waals surface area contributed by atoms with Gasteiger partial charge in [0.15, 0.2) is 0 Å². The Morgan fingerprint density at radius 2 is 1.92 bits per heavy atom. The minimum absolute atomic E-state index is 0.197. The fourth-order valence-electron chi connectivity index (χ4n) is 2.98. The lowest BCUT2D eigenvalue weighted by Gasteiger charge is -2.12. The zero-order chi connectivity index (χ0) is 18.5. The molecule has 6 heteroatoms. The Balaban J connectivity index is 2.08. The predicted molar refractivity (Wildman–Crippen MR) is 98.8 cm³/mol. The maximum atomic E-state index is 9.62. The number of aryl methyl sites for hydroxylation is 1. The number of anilines is 1. The van der Waals surface area contributed by atoms with E-state index < -0.39 is 0 Å². The smallest absolute Gasteiger partial charge is 0.114 e. The average Bonchev–Trinajstić information content (AvgIpc) is 3.11. The van der Waals surface area contributed by atoms with Crippen molar-refractivity contribution in [3.8, 4) is 23.4 Å². The maximum absolute atomic E-state index is 9.62. The van der Waals surface area contributed by atoms with E-state index in [9.17, 15) is 10.5 Å². The molecule has 3 rings (SSSR count). The third kappa shape index (κ3) is 3.26. The van der Waals surface area contributed by atoms with Crippen LogP contribution in [0.15, 0.2) is 42.6 Å². The molecule has 0 saturated carbocycles. The van der Waals surface area contributed by atoms with Crippen LogP contribution in [0.3, 0.4) is 0 Å². The number of hydrogen-bond acceptors (Lipinski definition) is 5. The number of nitriles is 2. The zero-order valence-electron chi connectivity index (χ0n) is 14.5. The highest BCUT2D eigenvalue weighted by Crippen LogP contribution is 2.33. The molecule has 0 aliphatic rings. The molecule has 1 heterocycles. The van der Waals surface area contributed by atoms with Crippen LogP contribution in [0, 0.1) is 22.7 Å². The predicted octanol–water partition coefficient (Wildman–Crippen LogP) is 3.27. The molecule has 1 aromatic heterocycles. The first kappa shape index (κ1) is 17.2. The molecule has 0 fully saturated rings. The average molecular weight is 342 g/mol. The summed E-state index contributed by atoms with van der Waals surface area (Å²) in [4.78, 5) is 0. The molecule has 6 nitrogen and oxygen atoms in total. The van der Waals surface area contributed by atoms with Gasteiger partial charge in [-0.1, -0.05) is 48.9 Å². The second kappa shape index (κ2) is 7.50. The molecule has 0 bridgehead atoms. The van der Waals surface area contributed by atoms with Crippen molar-refractivity contribution in [2.45, 2.75) is 26.3 Å². The summed E-state index contributed by atoms with van der Waals surface area (Å²) < 4.78 is 1.73. The number of benzene rings is 2. The Bertz CT molecular complexity index is 1010. The van der Waals surface area contributed by atoms with E-state index in [2.05, 4.69) is 22.5 Å². The first-order valence-electron chi connectivity index (χ1n) is 8.37. The van der Waals surface area contributed by atoms with Gasteiger partial charge in [0.2, 0.25) is 0 Å². The van der Waals surface area contributed by atoms with Crippen LogP contribution in [0.5, 0.6) is 0 Å². The van der Waals surface area contributed by atoms with Crippen LogP contribution in [0.1, 0.15) is 35.6 Å². The van der Waals surface area contributed by atoms with Crippen molar-refractivity contribution in [1.29, 1.82) is 10.5 Å². The lowest BCUT2D eigenvalue weighted by molar-refractivity contribution is 0.650. The third-order valence-corrected chi connectivity index (χ3v) is 4.18. The lowest BCUT2D eigenvalue weighted by Crippen LogP contribution is -2.02. The second-order valence-corrected chi connectivity index (χ2v) is 6.01. The summed E-state index contributed by atoms with van der Waals surface area (Å²) in [6.45, 7) is 2.63. The largest absolute Gasteiger partial charge is 0.397 e. The second-order valence-electron chi connectivity index (χ2n) is 6.01. The quantitative estimate of drug-likeness (QED) is 0.717. The van der Waals surface area contributed by atoms with Crippen LogP contribution < -0.4 is 5.73 Å². The van der Waals surface area contributed by atoms with Gasteiger partial charge in [0.1, 0.15) is 17.8 Å². The van der Waals surface area contributed by atoms with Crippen LogP contribution in [0.2, 0.25) is 0 Å². The van der Waals surface area contributed by atoms with E-state index in [1.54, 1.807) is 10.7 Å². The topological polar surface area (TPSA) is 104 Å². The molecule has 0 amide bonds. The molecular weight excluding hydrogens is 324 g/mol. The van der Waals surface area contributed by atoms with E-state index in [1.165, 1.54) is 0 Å². The Kier molecular flexibility index (Phi) is 4.96. The van der Waals surface area contributed by atoms with Gasteiger partial charge in [0.05, 0.1) is 29.6 Å². The minimum Gasteiger partial charge on any atom is -0.397 e. The molecule has 0 saturated heterocycles. The van der Waals surface area contributed by atoms with Crippen LogP contribution in [0.4, 0.5) is 5.69 Å². The van der Waals surface area contributed by atoms with Crippen molar-refractivity contribution in [3.05, 3.63) is 64.8 Å². The molecule has 128 valence electrons. The van der Waals surface area contributed by atoms with Crippen molar-refractivity contribution in [2.75, 3.05) is 5.73 Å². The summed E-state index contributed by atoms with van der Waals surface area (Å²) in [5.41, 5.74) is 10.1. The number of aromatic nitrogens is 3. The van der Waals surface area contributed by atoms with E-state index in [1.807, 2.05) is 43.5 Å². The number of rotatable bonds is 5. The summed E-state index contributed by atoms with van der Waals surface area (Å²) in [5, 5.41) is 27.4. The van der Waals surface area contributed by atoms with Gasteiger partial charge < -0.3 is 5.73 Å². The highest BCUT2D eigenvalue weighted by Gasteiger charge is 2.19. The van der Waals surface area contributed by atoms with Gasteiger partial charge in [0, 0.05) is 5.56 Å². The highest BCUT2D eigenvalue weighted by atomic mass is 15.4. The van der Waals surface area contributed by atoms with Crippen LogP contribution >= 0.6 is 0 Å². The Morgan fingerprint density at radius 3 is 2.58 bits per heavy atom. The molecule has 0 aliphatic heterocycles. The van der Waals surface area contributed by atoms with Crippen molar-refractivity contribution in [3.63, 3.8) is 0 Å². The van der Waals surface area contributed by atoms with Gasteiger partial charge in [-0.25, -0.2) is 4.68 Å². The summed E-state index contributed by atoms with van der Waals surface area (Å²) in [6.07, 6.45) is 3.42. The molecule has 2 aromatic carbocycles. The fourth-order valence-corrected chi connectivity index (χ4v) is 2.98. The number of nitrogens with two attached hydrogens (primary N) is 1. The van der Waals surface area contributed by atoms with Gasteiger partial charge in [-0.3, -0.25) is 0 Å². The van der Waals surface area contributed by atoms with Crippen LogP contribution in [-0.4, -0.2) is 15.0 Å². The Hall–Kier alpha value is -3.64. The molecule has 2 N–H and O–H groups in total. The molecule has 0 spiro atoms. The number of nitrogen functional groups attached to an aromatic ring is 1. The number of hydrogen-bond donors (Lipinski definition) is 1. The monoisotopic (exact) mass is 342 g/mol. The van der Waals surface area contributed by atoms with E-state index in [4.69, 9.17) is 5.73 Å². The minimum atomic E-state index is 0.197. The maximum Gasteiger partial charge on any atom is 0.114 e. The van der Waals surface area contributed by atoms with Gasteiger partial charge in [-0.2, -0.15) is 10.5 Å². The summed E-state index contributed by atoms with van der Waals surface area (Å²) >= 11 is 0. The fraction of sp³-hybridized carbons (Fsp3) is 0.200. The van der Waals surface area contributed by atoms with E-state index in [0.29, 0.717) is 28.9 Å². The van der Waals surface area contributed by atoms with E-state index in [0.717, 1.165) is 24.0 Å². The van der Waals surface area contributed by atoms with Crippen LogP contribution in [0.25, 0.3) is 11.3 Å². The first-order chi connectivity index (χ1) is 12.7. The van der Waals surface area contributed by atoms with Crippen molar-refractivity contribution < 1.29 is 0 Å². The SMILES string of the molecule is CCCc1cc(C#N)c(N)c(C#N)c1-c1cn(Cc2ccccc2)nn1. The van der Waals surface area contributed by atoms with Gasteiger partial charge >= 0.3 is 0 Å². The van der Waals surface area contributed by atoms with Crippen molar-refractivity contribution in [1.82, 2.24) is 15.0 Å². The molecule has 26 heavy (non-hydrogen) atoms. The van der Waals surface area contributed by atoms with E-state index >= 15 is 0 Å². The molecule has 0 atom stereocenters. The normalized spacial score (nSPS) is 10.3. The standard InChI is InChI=1S/C20H18N6/c1-2-6-15-9-16(10-21)20(23)17(11-22)19(15)18-13-26(25-24-18)12-14-7-4-3-5-8-14/h3-5,7-9,13H,2,6,12,23H2,1H3. The molecule has 0 unspecified atom stereocenters. The van der Waals surface area contributed by atoms with Gasteiger partial charge in [-0.05, 0) is 23.6 Å². The summed E-state index contributed by atoms with van der Waals surface area (Å²) in [7, 11) is 0. The summed E-state index contributed by atoms with van der Waals surface area (Å²) in [6, 6.07) is 15.9. The number of nitrogens with zero attached hydrogens (tertiary/aromatic N) is 5. The van der Waals surface area contributed by atoms with Crippen LogP contribution in [-0.2, 0) is 13.0 Å². The zero-order valence-corrected chi connectivity index (χ0v) is 14.5.